The van der Waals surface area contributed by atoms with Gasteiger partial charge in [-0.05, 0) is 18.5 Å². The summed E-state index contributed by atoms with van der Waals surface area (Å²) in [7, 11) is 0. The standard InChI is InChI=1S/C14H19NO2/c1-2-3-11-15-13(14(16)17)10-9-12-7-5-4-6-8-12/h4-10,13,15H,2-3,11H2,1H3,(H,16,17)/b10-9+. The van der Waals surface area contributed by atoms with Crippen LogP contribution in [-0.2, 0) is 4.79 Å². The molecule has 0 aromatic heterocycles. The highest BCUT2D eigenvalue weighted by atomic mass is 16.4. The first-order chi connectivity index (χ1) is 8.24. The Balaban J connectivity index is 2.54. The molecule has 17 heavy (non-hydrogen) atoms. The maximum atomic E-state index is 11.0. The summed E-state index contributed by atoms with van der Waals surface area (Å²) in [5.74, 6) is -0.840. The van der Waals surface area contributed by atoms with Crippen LogP contribution in [0, 0.1) is 0 Å². The SMILES string of the molecule is CCCCNC(/C=C/c1ccccc1)C(=O)O. The minimum Gasteiger partial charge on any atom is -0.480 e. The van der Waals surface area contributed by atoms with Crippen molar-refractivity contribution in [2.75, 3.05) is 6.54 Å². The molecular formula is C14H19NO2. The van der Waals surface area contributed by atoms with Crippen LogP contribution >= 0.6 is 0 Å². The third-order valence-electron chi connectivity index (χ3n) is 2.44. The number of carboxylic acid groups (broad SMARTS) is 1. The van der Waals surface area contributed by atoms with Crippen molar-refractivity contribution in [3.8, 4) is 0 Å². The lowest BCUT2D eigenvalue weighted by Crippen LogP contribution is -2.35. The summed E-state index contributed by atoms with van der Waals surface area (Å²) in [5.41, 5.74) is 1.01. The molecule has 0 aliphatic rings. The molecule has 1 aromatic carbocycles. The predicted octanol–water partition coefficient (Wildman–Crippen LogP) is 2.54. The average Bonchev–Trinajstić information content (AvgIpc) is 2.34. The Kier molecular flexibility index (Phi) is 6.04. The molecule has 0 aliphatic heterocycles. The zero-order chi connectivity index (χ0) is 12.5. The van der Waals surface area contributed by atoms with Crippen LogP contribution in [-0.4, -0.2) is 23.7 Å². The number of carboxylic acids is 1. The van der Waals surface area contributed by atoms with E-state index in [9.17, 15) is 4.79 Å². The van der Waals surface area contributed by atoms with Crippen LogP contribution in [0.3, 0.4) is 0 Å². The second-order valence-electron chi connectivity index (χ2n) is 3.89. The van der Waals surface area contributed by atoms with Crippen molar-refractivity contribution < 1.29 is 9.90 Å². The van der Waals surface area contributed by atoms with Crippen LogP contribution in [0.1, 0.15) is 25.3 Å². The molecule has 0 aliphatic carbocycles. The first-order valence-electron chi connectivity index (χ1n) is 5.93. The zero-order valence-electron chi connectivity index (χ0n) is 10.1. The molecule has 92 valence electrons. The summed E-state index contributed by atoms with van der Waals surface area (Å²) in [6.45, 7) is 2.81. The molecular weight excluding hydrogens is 214 g/mol. The highest BCUT2D eigenvalue weighted by Gasteiger charge is 2.11. The molecule has 1 unspecified atom stereocenters. The molecule has 0 saturated heterocycles. The second-order valence-corrected chi connectivity index (χ2v) is 3.89. The van der Waals surface area contributed by atoms with Gasteiger partial charge in [0, 0.05) is 0 Å². The molecule has 1 rings (SSSR count). The van der Waals surface area contributed by atoms with Crippen molar-refractivity contribution in [2.45, 2.75) is 25.8 Å². The summed E-state index contributed by atoms with van der Waals surface area (Å²) in [5, 5.41) is 12.0. The molecule has 0 fully saturated rings. The van der Waals surface area contributed by atoms with E-state index in [1.165, 1.54) is 0 Å². The van der Waals surface area contributed by atoms with Gasteiger partial charge in [0.15, 0.2) is 0 Å². The van der Waals surface area contributed by atoms with E-state index in [-0.39, 0.29) is 0 Å². The number of hydrogen-bond acceptors (Lipinski definition) is 2. The van der Waals surface area contributed by atoms with E-state index < -0.39 is 12.0 Å². The Hall–Kier alpha value is -1.61. The van der Waals surface area contributed by atoms with E-state index >= 15 is 0 Å². The number of hydrogen-bond donors (Lipinski definition) is 2. The van der Waals surface area contributed by atoms with Gasteiger partial charge in [-0.2, -0.15) is 0 Å². The van der Waals surface area contributed by atoms with E-state index in [1.54, 1.807) is 6.08 Å². The molecule has 0 amide bonds. The first-order valence-corrected chi connectivity index (χ1v) is 5.93. The van der Waals surface area contributed by atoms with Crippen LogP contribution in [0.4, 0.5) is 0 Å². The normalized spacial score (nSPS) is 12.8. The highest BCUT2D eigenvalue weighted by Crippen LogP contribution is 2.02. The third kappa shape index (κ3) is 5.31. The maximum Gasteiger partial charge on any atom is 0.324 e. The quantitative estimate of drug-likeness (QED) is 0.711. The lowest BCUT2D eigenvalue weighted by atomic mass is 10.1. The fourth-order valence-electron chi connectivity index (χ4n) is 1.44. The first kappa shape index (κ1) is 13.5. The number of rotatable bonds is 7. The average molecular weight is 233 g/mol. The Bertz CT molecular complexity index is 360. The highest BCUT2D eigenvalue weighted by molar-refractivity contribution is 5.77. The number of nitrogens with one attached hydrogen (secondary N) is 1. The van der Waals surface area contributed by atoms with Gasteiger partial charge in [-0.25, -0.2) is 0 Å². The number of benzene rings is 1. The summed E-state index contributed by atoms with van der Waals surface area (Å²) >= 11 is 0. The van der Waals surface area contributed by atoms with Crippen LogP contribution in [0.15, 0.2) is 36.4 Å². The molecule has 3 nitrogen and oxygen atoms in total. The Labute approximate surface area is 102 Å². The van der Waals surface area contributed by atoms with E-state index in [0.29, 0.717) is 0 Å². The Morgan fingerprint density at radius 1 is 1.41 bits per heavy atom. The van der Waals surface area contributed by atoms with Crippen molar-refractivity contribution in [1.82, 2.24) is 5.32 Å². The van der Waals surface area contributed by atoms with Gasteiger partial charge >= 0.3 is 5.97 Å². The van der Waals surface area contributed by atoms with Gasteiger partial charge < -0.3 is 10.4 Å². The summed E-state index contributed by atoms with van der Waals surface area (Å²) in [6.07, 6.45) is 5.57. The Morgan fingerprint density at radius 2 is 2.12 bits per heavy atom. The van der Waals surface area contributed by atoms with Gasteiger partial charge in [0.1, 0.15) is 6.04 Å². The van der Waals surface area contributed by atoms with Crippen molar-refractivity contribution >= 4 is 12.0 Å². The van der Waals surface area contributed by atoms with Crippen molar-refractivity contribution in [2.24, 2.45) is 0 Å². The molecule has 1 atom stereocenters. The fraction of sp³-hybridized carbons (Fsp3) is 0.357. The molecule has 0 spiro atoms. The fourth-order valence-corrected chi connectivity index (χ4v) is 1.44. The van der Waals surface area contributed by atoms with Gasteiger partial charge in [0.05, 0.1) is 0 Å². The smallest absolute Gasteiger partial charge is 0.324 e. The number of aliphatic carboxylic acids is 1. The molecule has 2 N–H and O–H groups in total. The van der Waals surface area contributed by atoms with Gasteiger partial charge in [-0.3, -0.25) is 4.79 Å². The number of carbonyl (C=O) groups is 1. The van der Waals surface area contributed by atoms with Crippen molar-refractivity contribution in [3.63, 3.8) is 0 Å². The number of unbranched alkanes of at least 4 members (excludes halogenated alkanes) is 1. The van der Waals surface area contributed by atoms with E-state index in [2.05, 4.69) is 12.2 Å². The zero-order valence-corrected chi connectivity index (χ0v) is 10.1. The maximum absolute atomic E-state index is 11.0. The summed E-state index contributed by atoms with van der Waals surface area (Å²) in [4.78, 5) is 11.0. The van der Waals surface area contributed by atoms with Gasteiger partial charge in [0.2, 0.25) is 0 Å². The van der Waals surface area contributed by atoms with E-state index in [4.69, 9.17) is 5.11 Å². The molecule has 0 bridgehead atoms. The molecule has 1 aromatic rings. The van der Waals surface area contributed by atoms with Crippen LogP contribution in [0.5, 0.6) is 0 Å². The van der Waals surface area contributed by atoms with Gasteiger partial charge in [-0.15, -0.1) is 0 Å². The van der Waals surface area contributed by atoms with Crippen LogP contribution in [0.25, 0.3) is 6.08 Å². The van der Waals surface area contributed by atoms with Crippen LogP contribution < -0.4 is 5.32 Å². The van der Waals surface area contributed by atoms with Crippen molar-refractivity contribution in [3.05, 3.63) is 42.0 Å². The molecule has 0 heterocycles. The minimum atomic E-state index is -0.840. The van der Waals surface area contributed by atoms with E-state index in [0.717, 1.165) is 24.9 Å². The van der Waals surface area contributed by atoms with Crippen LogP contribution in [0.2, 0.25) is 0 Å². The van der Waals surface area contributed by atoms with Gasteiger partial charge in [0.25, 0.3) is 0 Å². The summed E-state index contributed by atoms with van der Waals surface area (Å²) in [6, 6.07) is 9.08. The lowest BCUT2D eigenvalue weighted by molar-refractivity contribution is -0.138. The Morgan fingerprint density at radius 3 is 2.71 bits per heavy atom. The lowest BCUT2D eigenvalue weighted by Gasteiger charge is -2.09. The molecule has 0 saturated carbocycles. The second kappa shape index (κ2) is 7.63. The third-order valence-corrected chi connectivity index (χ3v) is 2.44. The molecule has 3 heteroatoms. The molecule has 0 radical (unpaired) electrons. The summed E-state index contributed by atoms with van der Waals surface area (Å²) < 4.78 is 0. The monoisotopic (exact) mass is 233 g/mol. The van der Waals surface area contributed by atoms with E-state index in [1.807, 2.05) is 36.4 Å². The largest absolute Gasteiger partial charge is 0.480 e. The topological polar surface area (TPSA) is 49.3 Å². The predicted molar refractivity (Wildman–Crippen MR) is 69.8 cm³/mol. The van der Waals surface area contributed by atoms with Crippen molar-refractivity contribution in [1.29, 1.82) is 0 Å². The minimum absolute atomic E-state index is 0.609. The van der Waals surface area contributed by atoms with Gasteiger partial charge in [-0.1, -0.05) is 55.8 Å².